The van der Waals surface area contributed by atoms with E-state index in [0.29, 0.717) is 11.1 Å². The summed E-state index contributed by atoms with van der Waals surface area (Å²) in [5, 5.41) is 2.66. The normalized spacial score (nSPS) is 14.6. The van der Waals surface area contributed by atoms with Crippen molar-refractivity contribution in [2.75, 3.05) is 34.0 Å². The van der Waals surface area contributed by atoms with E-state index in [1.54, 1.807) is 81.4 Å². The van der Waals surface area contributed by atoms with Crippen LogP contribution in [0.15, 0.2) is 12.1 Å². The SMILES string of the molecule is COc1cc2c(c(F)c1OCCCOc1c(OC)cc3c(c1F)CN(C(=O)CC(C(=O)OC(C)(C)C)[C@H](C)CNC(=O)OC(C)(C)C)C3)CN(C(=O)CCC(=O)OC(C)(C)C)C2. The van der Waals surface area contributed by atoms with Crippen LogP contribution in [-0.4, -0.2) is 90.4 Å². The second-order valence-electron chi connectivity index (χ2n) is 18.6. The van der Waals surface area contributed by atoms with Crippen molar-refractivity contribution < 1.29 is 65.9 Å². The molecule has 0 radical (unpaired) electrons. The lowest BCUT2D eigenvalue weighted by molar-refractivity contribution is -0.164. The summed E-state index contributed by atoms with van der Waals surface area (Å²) in [6.07, 6.45) is -0.878. The Morgan fingerprint density at radius 2 is 1.15 bits per heavy atom. The fraction of sp³-hybridized carbons (Fsp3) is 0.622. The second kappa shape index (κ2) is 20.2. The number of benzene rings is 2. The van der Waals surface area contributed by atoms with Gasteiger partial charge < -0.3 is 48.3 Å². The maximum absolute atomic E-state index is 16.1. The highest BCUT2D eigenvalue weighted by Crippen LogP contribution is 2.41. The molecular weight excluding hydrogens is 812 g/mol. The second-order valence-corrected chi connectivity index (χ2v) is 18.6. The summed E-state index contributed by atoms with van der Waals surface area (Å²) < 4.78 is 70.7. The average molecular weight is 876 g/mol. The van der Waals surface area contributed by atoms with Gasteiger partial charge in [-0.2, -0.15) is 0 Å². The number of nitrogens with zero attached hydrogens (tertiary/aromatic N) is 2. The highest BCUT2D eigenvalue weighted by atomic mass is 19.1. The van der Waals surface area contributed by atoms with Gasteiger partial charge in [-0.3, -0.25) is 19.2 Å². The maximum atomic E-state index is 16.1. The first-order valence-electron chi connectivity index (χ1n) is 20.8. The van der Waals surface area contributed by atoms with Crippen LogP contribution in [0.4, 0.5) is 13.6 Å². The molecule has 1 unspecified atom stereocenters. The molecule has 0 aromatic heterocycles. The summed E-state index contributed by atoms with van der Waals surface area (Å²) in [5.41, 5.74) is -0.631. The van der Waals surface area contributed by atoms with E-state index in [-0.39, 0.29) is 112 Å². The van der Waals surface area contributed by atoms with Crippen molar-refractivity contribution in [3.63, 3.8) is 0 Å². The molecule has 2 aliphatic heterocycles. The molecule has 2 atom stereocenters. The van der Waals surface area contributed by atoms with Crippen molar-refractivity contribution in [1.29, 1.82) is 0 Å². The summed E-state index contributed by atoms with van der Waals surface area (Å²) >= 11 is 0. The smallest absolute Gasteiger partial charge is 0.407 e. The number of amides is 3. The lowest BCUT2D eigenvalue weighted by Crippen LogP contribution is -2.41. The van der Waals surface area contributed by atoms with Gasteiger partial charge in [0.1, 0.15) is 16.8 Å². The molecule has 2 aliphatic rings. The largest absolute Gasteiger partial charge is 0.493 e. The van der Waals surface area contributed by atoms with Crippen LogP contribution in [0.5, 0.6) is 23.0 Å². The van der Waals surface area contributed by atoms with Crippen LogP contribution < -0.4 is 24.3 Å². The third-order valence-electron chi connectivity index (χ3n) is 9.83. The third kappa shape index (κ3) is 13.6. The molecule has 344 valence electrons. The van der Waals surface area contributed by atoms with Crippen molar-refractivity contribution in [2.24, 2.45) is 11.8 Å². The summed E-state index contributed by atoms with van der Waals surface area (Å²) in [4.78, 5) is 67.4. The predicted molar refractivity (Wildman–Crippen MR) is 222 cm³/mol. The van der Waals surface area contributed by atoms with Crippen LogP contribution in [-0.2, 0) is 59.6 Å². The van der Waals surface area contributed by atoms with Crippen LogP contribution in [0.3, 0.4) is 0 Å². The molecule has 0 fully saturated rings. The number of hydrogen-bond acceptors (Lipinski definition) is 12. The maximum Gasteiger partial charge on any atom is 0.407 e. The van der Waals surface area contributed by atoms with Crippen molar-refractivity contribution in [3.8, 4) is 23.0 Å². The Morgan fingerprint density at radius 3 is 1.60 bits per heavy atom. The number of esters is 2. The Bertz CT molecular complexity index is 1990. The molecule has 0 saturated heterocycles. The molecule has 0 saturated carbocycles. The van der Waals surface area contributed by atoms with Gasteiger partial charge >= 0.3 is 18.0 Å². The lowest BCUT2D eigenvalue weighted by Gasteiger charge is -2.29. The van der Waals surface area contributed by atoms with Crippen LogP contribution in [0.25, 0.3) is 0 Å². The van der Waals surface area contributed by atoms with Gasteiger partial charge in [0.15, 0.2) is 34.6 Å². The zero-order valence-electron chi connectivity index (χ0n) is 38.1. The number of halogens is 2. The number of methoxy groups -OCH3 is 2. The minimum absolute atomic E-state index is 0.00498. The number of rotatable bonds is 17. The first-order chi connectivity index (χ1) is 28.8. The van der Waals surface area contributed by atoms with E-state index in [4.69, 9.17) is 33.2 Å². The number of carbonyl (C=O) groups excluding carboxylic acids is 5. The number of hydrogen-bond donors (Lipinski definition) is 1. The summed E-state index contributed by atoms with van der Waals surface area (Å²) in [6, 6.07) is 3.22. The van der Waals surface area contributed by atoms with E-state index >= 15 is 8.78 Å². The minimum atomic E-state index is -0.924. The van der Waals surface area contributed by atoms with Crippen molar-refractivity contribution in [1.82, 2.24) is 15.1 Å². The monoisotopic (exact) mass is 875 g/mol. The zero-order valence-corrected chi connectivity index (χ0v) is 38.1. The fourth-order valence-electron chi connectivity index (χ4n) is 6.93. The molecule has 4 rings (SSSR count). The molecule has 0 aliphatic carbocycles. The molecule has 62 heavy (non-hydrogen) atoms. The Morgan fingerprint density at radius 1 is 0.677 bits per heavy atom. The predicted octanol–water partition coefficient (Wildman–Crippen LogP) is 7.15. The molecule has 2 aromatic carbocycles. The summed E-state index contributed by atoms with van der Waals surface area (Å²) in [6.45, 7) is 17.4. The molecule has 15 nitrogen and oxygen atoms in total. The van der Waals surface area contributed by atoms with Gasteiger partial charge in [-0.15, -0.1) is 0 Å². The lowest BCUT2D eigenvalue weighted by atomic mass is 9.90. The standard InChI is InChI=1S/C45H63F2N3O12/c1-26(21-48-42(55)62-45(8,9)10)29(41(54)61-44(5,6)7)20-35(52)50-23-28-19-33(57-12)40(38(47)31(28)25-50)59-17-13-16-58-39-32(56-11)18-27-22-49(24-30(27)37(39)46)34(51)14-15-36(53)60-43(2,3)4/h18-19,26,29H,13-17,20-25H2,1-12H3,(H,48,55)/t26-,29?/m1/s1. The molecule has 0 spiro atoms. The number of nitrogens with one attached hydrogen (secondary N) is 1. The van der Waals surface area contributed by atoms with E-state index in [1.165, 1.54) is 24.0 Å². The highest BCUT2D eigenvalue weighted by molar-refractivity contribution is 5.84. The van der Waals surface area contributed by atoms with Crippen LogP contribution in [0.2, 0.25) is 0 Å². The topological polar surface area (TPSA) is 168 Å². The van der Waals surface area contributed by atoms with E-state index in [2.05, 4.69) is 5.32 Å². The van der Waals surface area contributed by atoms with Crippen LogP contribution in [0, 0.1) is 23.5 Å². The van der Waals surface area contributed by atoms with E-state index in [1.807, 2.05) is 0 Å². The quantitative estimate of drug-likeness (QED) is 0.0970. The Labute approximate surface area is 363 Å². The van der Waals surface area contributed by atoms with Gasteiger partial charge in [0.2, 0.25) is 11.8 Å². The van der Waals surface area contributed by atoms with Crippen LogP contribution >= 0.6 is 0 Å². The van der Waals surface area contributed by atoms with Gasteiger partial charge in [0.05, 0.1) is 39.8 Å². The van der Waals surface area contributed by atoms with Gasteiger partial charge in [-0.05, 0) is 91.5 Å². The van der Waals surface area contributed by atoms with Gasteiger partial charge in [-0.25, -0.2) is 13.6 Å². The number of alkyl carbamates (subject to hydrolysis) is 1. The fourth-order valence-corrected chi connectivity index (χ4v) is 6.93. The van der Waals surface area contributed by atoms with Crippen molar-refractivity contribution in [3.05, 3.63) is 46.0 Å². The Hall–Kier alpha value is -5.35. The molecule has 17 heteroatoms. The van der Waals surface area contributed by atoms with E-state index < -0.39 is 64.2 Å². The highest BCUT2D eigenvalue weighted by Gasteiger charge is 2.37. The molecule has 2 aromatic rings. The third-order valence-corrected chi connectivity index (χ3v) is 9.83. The first-order valence-corrected chi connectivity index (χ1v) is 20.8. The van der Waals surface area contributed by atoms with Gasteiger partial charge in [0.25, 0.3) is 0 Å². The molecule has 0 bridgehead atoms. The van der Waals surface area contributed by atoms with Crippen molar-refractivity contribution >= 4 is 29.8 Å². The first kappa shape index (κ1) is 49.3. The molecule has 2 heterocycles. The number of fused-ring (bicyclic) bond motifs is 2. The van der Waals surface area contributed by atoms with Crippen molar-refractivity contribution in [2.45, 2.75) is 138 Å². The minimum Gasteiger partial charge on any atom is -0.493 e. The number of ether oxygens (including phenoxy) is 7. The average Bonchev–Trinajstić information content (AvgIpc) is 3.79. The summed E-state index contributed by atoms with van der Waals surface area (Å²) in [7, 11) is 2.74. The molecule has 1 N–H and O–H groups in total. The Kier molecular flexibility index (Phi) is 16.1. The van der Waals surface area contributed by atoms with E-state index in [9.17, 15) is 24.0 Å². The zero-order chi connectivity index (χ0) is 46.3. The van der Waals surface area contributed by atoms with Gasteiger partial charge in [0, 0.05) is 63.1 Å². The van der Waals surface area contributed by atoms with Crippen LogP contribution in [0.1, 0.15) is 117 Å². The summed E-state index contributed by atoms with van der Waals surface area (Å²) in [5.74, 6) is -4.68. The Balaban J connectivity index is 1.36. The van der Waals surface area contributed by atoms with Gasteiger partial charge in [-0.1, -0.05) is 6.92 Å². The number of carbonyl (C=O) groups is 5. The van der Waals surface area contributed by atoms with E-state index in [0.717, 1.165) is 0 Å². The molecular formula is C45H63F2N3O12. The molecule has 3 amide bonds.